The quantitative estimate of drug-likeness (QED) is 0.195. The van der Waals surface area contributed by atoms with Gasteiger partial charge in [-0.05, 0) is 82.0 Å². The van der Waals surface area contributed by atoms with Gasteiger partial charge in [0.05, 0.1) is 5.75 Å². The third kappa shape index (κ3) is 7.70. The molecule has 11 heteroatoms. The number of carbonyl (C=O) groups is 2. The van der Waals surface area contributed by atoms with Crippen LogP contribution in [0.25, 0.3) is 5.57 Å². The molecule has 2 aromatic rings. The number of hydrogen-bond donors (Lipinski definition) is 3. The highest BCUT2D eigenvalue weighted by Crippen LogP contribution is 2.45. The number of nitrogens with zero attached hydrogens (tertiary/aromatic N) is 1. The molecule has 1 aliphatic heterocycles. The zero-order valence-corrected chi connectivity index (χ0v) is 27.1. The molecule has 1 aliphatic carbocycles. The fourth-order valence-electron chi connectivity index (χ4n) is 5.33. The first kappa shape index (κ1) is 32.8. The van der Waals surface area contributed by atoms with Crippen molar-refractivity contribution in [3.05, 3.63) is 87.6 Å². The standard InChI is InChI=1S/C33H41N3O7S/c1-20-15-24-28(17-26(20)34-6)42-29-18-27(35-13-10-14-44(39,40)41)21(2)16-25(29)31(24)22-11-8-9-12-23(22)32(38)36(7)19-30(37)43-33(3,4)5/h8-9,11-12,15-18,29,34-35H,10,13-14,19H2,1-7H3,(H,39,40,41). The minimum Gasteiger partial charge on any atom is -0.481 e. The first-order valence-corrected chi connectivity index (χ1v) is 16.1. The lowest BCUT2D eigenvalue weighted by molar-refractivity contribution is -0.155. The van der Waals surface area contributed by atoms with E-state index in [1.54, 1.807) is 40.0 Å². The Balaban J connectivity index is 1.78. The number of nitrogens with one attached hydrogen (secondary N) is 2. The van der Waals surface area contributed by atoms with Gasteiger partial charge in [-0.2, -0.15) is 8.42 Å². The average Bonchev–Trinajstić information content (AvgIpc) is 2.92. The van der Waals surface area contributed by atoms with E-state index in [0.29, 0.717) is 23.4 Å². The van der Waals surface area contributed by atoms with E-state index >= 15 is 0 Å². The summed E-state index contributed by atoms with van der Waals surface area (Å²) in [5.74, 6) is -0.506. The molecule has 0 bridgehead atoms. The van der Waals surface area contributed by atoms with E-state index in [1.807, 2.05) is 57.3 Å². The third-order valence-corrected chi connectivity index (χ3v) is 8.09. The SMILES string of the molecule is CNc1cc2c(cc1C)C(c1ccccc1C(=O)N(C)CC(=O)OC(C)(C)C)=C1C=C(C)C(NCCCS(=O)(=O)O)=CC1O2. The summed E-state index contributed by atoms with van der Waals surface area (Å²) in [5, 5.41) is 6.47. The minimum atomic E-state index is -4.04. The molecule has 0 saturated heterocycles. The van der Waals surface area contributed by atoms with Crippen molar-refractivity contribution in [3.63, 3.8) is 0 Å². The van der Waals surface area contributed by atoms with Gasteiger partial charge in [0, 0.05) is 60.4 Å². The summed E-state index contributed by atoms with van der Waals surface area (Å²) in [6, 6.07) is 11.3. The van der Waals surface area contributed by atoms with Crippen molar-refractivity contribution >= 4 is 33.3 Å². The Morgan fingerprint density at radius 1 is 1.11 bits per heavy atom. The highest BCUT2D eigenvalue weighted by Gasteiger charge is 2.33. The Morgan fingerprint density at radius 3 is 2.48 bits per heavy atom. The van der Waals surface area contributed by atoms with E-state index in [9.17, 15) is 18.0 Å². The molecular weight excluding hydrogens is 582 g/mol. The van der Waals surface area contributed by atoms with Crippen molar-refractivity contribution in [1.29, 1.82) is 0 Å². The number of benzene rings is 2. The van der Waals surface area contributed by atoms with Gasteiger partial charge in [0.2, 0.25) is 0 Å². The van der Waals surface area contributed by atoms with E-state index in [1.165, 1.54) is 4.90 Å². The number of allylic oxidation sites excluding steroid dienone is 1. The van der Waals surface area contributed by atoms with Gasteiger partial charge >= 0.3 is 5.97 Å². The van der Waals surface area contributed by atoms with Crippen LogP contribution in [0, 0.1) is 6.92 Å². The van der Waals surface area contributed by atoms with Crippen LogP contribution in [0.4, 0.5) is 5.69 Å². The van der Waals surface area contributed by atoms with Crippen LogP contribution in [0.15, 0.2) is 65.4 Å². The summed E-state index contributed by atoms with van der Waals surface area (Å²) in [4.78, 5) is 27.7. The van der Waals surface area contributed by atoms with E-state index in [4.69, 9.17) is 14.0 Å². The van der Waals surface area contributed by atoms with Gasteiger partial charge in [0.25, 0.3) is 16.0 Å². The molecule has 0 fully saturated rings. The number of rotatable bonds is 10. The van der Waals surface area contributed by atoms with Crippen LogP contribution in [-0.2, 0) is 19.6 Å². The molecule has 0 saturated carbocycles. The Bertz CT molecular complexity index is 1670. The number of likely N-dealkylation sites (N-methyl/N-ethyl adjacent to an activating group) is 1. The first-order chi connectivity index (χ1) is 20.6. The normalized spacial score (nSPS) is 16.1. The maximum absolute atomic E-state index is 13.8. The molecule has 2 aliphatic rings. The topological polar surface area (TPSA) is 134 Å². The lowest BCUT2D eigenvalue weighted by Crippen LogP contribution is -2.36. The summed E-state index contributed by atoms with van der Waals surface area (Å²) in [6.45, 7) is 9.44. The monoisotopic (exact) mass is 623 g/mol. The highest BCUT2D eigenvalue weighted by molar-refractivity contribution is 7.85. The molecule has 0 spiro atoms. The first-order valence-electron chi connectivity index (χ1n) is 14.5. The molecule has 236 valence electrons. The summed E-state index contributed by atoms with van der Waals surface area (Å²) in [7, 11) is -0.618. The lowest BCUT2D eigenvalue weighted by Gasteiger charge is -2.34. The number of ether oxygens (including phenoxy) is 2. The second-order valence-electron chi connectivity index (χ2n) is 12.0. The Kier molecular flexibility index (Phi) is 9.60. The van der Waals surface area contributed by atoms with Gasteiger partial charge in [0.1, 0.15) is 24.0 Å². The predicted octanol–water partition coefficient (Wildman–Crippen LogP) is 4.72. The van der Waals surface area contributed by atoms with Crippen LogP contribution >= 0.6 is 0 Å². The Hall–Kier alpha value is -4.09. The summed E-state index contributed by atoms with van der Waals surface area (Å²) in [6.07, 6.45) is 3.70. The van der Waals surface area contributed by atoms with Crippen LogP contribution in [0.2, 0.25) is 0 Å². The second-order valence-corrected chi connectivity index (χ2v) is 13.6. The Labute approximate surface area is 259 Å². The molecule has 3 N–H and O–H groups in total. The molecule has 2 aromatic carbocycles. The zero-order valence-electron chi connectivity index (χ0n) is 26.3. The number of anilines is 1. The van der Waals surface area contributed by atoms with E-state index < -0.39 is 27.8 Å². The van der Waals surface area contributed by atoms with Crippen molar-refractivity contribution in [2.45, 2.75) is 52.7 Å². The molecule has 44 heavy (non-hydrogen) atoms. The minimum absolute atomic E-state index is 0.197. The van der Waals surface area contributed by atoms with Crippen molar-refractivity contribution in [3.8, 4) is 5.75 Å². The number of amides is 1. The van der Waals surface area contributed by atoms with E-state index in [-0.39, 0.29) is 24.6 Å². The average molecular weight is 624 g/mol. The summed E-state index contributed by atoms with van der Waals surface area (Å²) >= 11 is 0. The molecular formula is C33H41N3O7S. The number of esters is 1. The summed E-state index contributed by atoms with van der Waals surface area (Å²) < 4.78 is 43.3. The number of carbonyl (C=O) groups excluding carboxylic acids is 2. The Morgan fingerprint density at radius 2 is 1.82 bits per heavy atom. The fraction of sp³-hybridized carbons (Fsp3) is 0.394. The van der Waals surface area contributed by atoms with Crippen LogP contribution in [0.3, 0.4) is 0 Å². The van der Waals surface area contributed by atoms with Crippen LogP contribution in [0.1, 0.15) is 61.2 Å². The summed E-state index contributed by atoms with van der Waals surface area (Å²) in [5.41, 5.74) is 6.63. The van der Waals surface area contributed by atoms with E-state index in [2.05, 4.69) is 10.6 Å². The van der Waals surface area contributed by atoms with Crippen LogP contribution in [0.5, 0.6) is 5.75 Å². The predicted molar refractivity (Wildman–Crippen MR) is 171 cm³/mol. The number of fused-ring (bicyclic) bond motifs is 2. The van der Waals surface area contributed by atoms with Gasteiger partial charge in [-0.3, -0.25) is 14.1 Å². The fourth-order valence-corrected chi connectivity index (χ4v) is 5.84. The molecule has 10 nitrogen and oxygen atoms in total. The maximum Gasteiger partial charge on any atom is 0.326 e. The number of aryl methyl sites for hydroxylation is 1. The van der Waals surface area contributed by atoms with Gasteiger partial charge in [0.15, 0.2) is 0 Å². The van der Waals surface area contributed by atoms with Gasteiger partial charge in [-0.15, -0.1) is 0 Å². The van der Waals surface area contributed by atoms with Gasteiger partial charge in [-0.25, -0.2) is 0 Å². The maximum atomic E-state index is 13.8. The third-order valence-electron chi connectivity index (χ3n) is 7.28. The second kappa shape index (κ2) is 12.9. The molecule has 1 atom stereocenters. The molecule has 0 radical (unpaired) electrons. The van der Waals surface area contributed by atoms with Crippen LogP contribution < -0.4 is 15.4 Å². The highest BCUT2D eigenvalue weighted by atomic mass is 32.2. The molecule has 1 amide bonds. The zero-order chi connectivity index (χ0) is 32.4. The van der Waals surface area contributed by atoms with Crippen molar-refractivity contribution in [1.82, 2.24) is 10.2 Å². The van der Waals surface area contributed by atoms with Crippen LogP contribution in [-0.4, -0.2) is 74.4 Å². The van der Waals surface area contributed by atoms with Crippen molar-refractivity contribution in [2.24, 2.45) is 0 Å². The van der Waals surface area contributed by atoms with Gasteiger partial charge < -0.3 is 25.0 Å². The lowest BCUT2D eigenvalue weighted by atomic mass is 9.82. The molecule has 0 aromatic heterocycles. The number of hydrogen-bond acceptors (Lipinski definition) is 8. The smallest absolute Gasteiger partial charge is 0.326 e. The van der Waals surface area contributed by atoms with Gasteiger partial charge in [-0.1, -0.05) is 18.2 Å². The molecule has 1 unspecified atom stereocenters. The molecule has 1 heterocycles. The van der Waals surface area contributed by atoms with E-state index in [0.717, 1.165) is 39.2 Å². The largest absolute Gasteiger partial charge is 0.481 e. The van der Waals surface area contributed by atoms with Crippen molar-refractivity contribution in [2.75, 3.05) is 38.3 Å². The van der Waals surface area contributed by atoms with Crippen molar-refractivity contribution < 1.29 is 32.0 Å². The molecule has 4 rings (SSSR count).